The van der Waals surface area contributed by atoms with E-state index in [-0.39, 0.29) is 25.0 Å². The summed E-state index contributed by atoms with van der Waals surface area (Å²) in [5.41, 5.74) is 0. The zero-order chi connectivity index (χ0) is 26.3. The largest absolute Gasteiger partial charge is 0.396 e. The normalized spacial score (nSPS) is 14.4. The van der Waals surface area contributed by atoms with Gasteiger partial charge in [0, 0.05) is 25.7 Å². The molecule has 13 nitrogen and oxygen atoms in total. The molecule has 0 aromatic heterocycles. The van der Waals surface area contributed by atoms with Crippen molar-refractivity contribution in [1.82, 2.24) is 16.0 Å². The maximum absolute atomic E-state index is 12.3. The zero-order valence-corrected chi connectivity index (χ0v) is 19.4. The monoisotopic (exact) mass is 489 g/mol. The molecule has 4 atom stereocenters. The Balaban J connectivity index is 4.80. The minimum Gasteiger partial charge on any atom is -0.396 e. The van der Waals surface area contributed by atoms with Gasteiger partial charge in [0.05, 0.1) is 50.8 Å². The highest BCUT2D eigenvalue weighted by Crippen LogP contribution is 2.08. The maximum Gasteiger partial charge on any atom is 0.226 e. The zero-order valence-electron chi connectivity index (χ0n) is 19.4. The number of carbonyl (C=O) groups is 6. The van der Waals surface area contributed by atoms with Crippen LogP contribution in [0.15, 0.2) is 0 Å². The van der Waals surface area contributed by atoms with E-state index >= 15 is 0 Å². The van der Waals surface area contributed by atoms with E-state index < -0.39 is 92.5 Å². The summed E-state index contributed by atoms with van der Waals surface area (Å²) in [6.45, 7) is -1.88. The van der Waals surface area contributed by atoms with Crippen molar-refractivity contribution in [2.45, 2.75) is 44.7 Å². The van der Waals surface area contributed by atoms with Crippen LogP contribution in [0.3, 0.4) is 0 Å². The standard InChI is InChI=1S/C21H35N3O10/c1-12(29)3-4-18(31)17(11-28)24-21(34)13(8-25)5-15(30)7-23-20(33)14(9-26)6-19(32)16(10-27)22-2/h13-14,16-17,22,25-28H,3-11H2,1-2H3,(H,23,33)(H,24,34). The molecule has 4 unspecified atom stereocenters. The highest BCUT2D eigenvalue weighted by molar-refractivity contribution is 5.95. The number of hydrogen-bond donors (Lipinski definition) is 7. The Labute approximate surface area is 197 Å². The molecular formula is C21H35N3O10. The fourth-order valence-corrected chi connectivity index (χ4v) is 2.89. The third-order valence-corrected chi connectivity index (χ3v) is 5.09. The van der Waals surface area contributed by atoms with Crippen LogP contribution in [0.25, 0.3) is 0 Å². The minimum atomic E-state index is -1.29. The second kappa shape index (κ2) is 16.9. The predicted molar refractivity (Wildman–Crippen MR) is 117 cm³/mol. The molecule has 0 saturated heterocycles. The third kappa shape index (κ3) is 11.5. The van der Waals surface area contributed by atoms with Crippen molar-refractivity contribution in [3.05, 3.63) is 0 Å². The lowest BCUT2D eigenvalue weighted by Crippen LogP contribution is -2.47. The van der Waals surface area contributed by atoms with Gasteiger partial charge in [-0.2, -0.15) is 0 Å². The van der Waals surface area contributed by atoms with Crippen molar-refractivity contribution in [3.63, 3.8) is 0 Å². The van der Waals surface area contributed by atoms with Gasteiger partial charge < -0.3 is 41.2 Å². The number of hydrogen-bond acceptors (Lipinski definition) is 11. The molecule has 0 radical (unpaired) electrons. The molecule has 0 rings (SSSR count). The van der Waals surface area contributed by atoms with Gasteiger partial charge in [-0.25, -0.2) is 0 Å². The molecule has 0 saturated carbocycles. The highest BCUT2D eigenvalue weighted by atomic mass is 16.3. The van der Waals surface area contributed by atoms with Crippen LogP contribution in [-0.4, -0.2) is 107 Å². The number of ketones is 4. The van der Waals surface area contributed by atoms with Gasteiger partial charge in [-0.15, -0.1) is 0 Å². The summed E-state index contributed by atoms with van der Waals surface area (Å²) in [5, 5.41) is 44.3. The minimum absolute atomic E-state index is 0.0527. The van der Waals surface area contributed by atoms with Crippen LogP contribution in [0.2, 0.25) is 0 Å². The van der Waals surface area contributed by atoms with Gasteiger partial charge in [-0.1, -0.05) is 0 Å². The average molecular weight is 490 g/mol. The van der Waals surface area contributed by atoms with Crippen molar-refractivity contribution in [2.75, 3.05) is 40.0 Å². The second-order valence-electron chi connectivity index (χ2n) is 7.83. The van der Waals surface area contributed by atoms with E-state index in [1.54, 1.807) is 0 Å². The van der Waals surface area contributed by atoms with Crippen LogP contribution >= 0.6 is 0 Å². The van der Waals surface area contributed by atoms with Gasteiger partial charge in [0.2, 0.25) is 11.8 Å². The summed E-state index contributed by atoms with van der Waals surface area (Å²) in [7, 11) is 1.45. The molecular weight excluding hydrogens is 454 g/mol. The Morgan fingerprint density at radius 1 is 0.706 bits per heavy atom. The van der Waals surface area contributed by atoms with Crippen LogP contribution in [0.4, 0.5) is 0 Å². The Kier molecular flexibility index (Phi) is 15.7. The predicted octanol–water partition coefficient (Wildman–Crippen LogP) is -3.77. The first kappa shape index (κ1) is 31.4. The molecule has 194 valence electrons. The fourth-order valence-electron chi connectivity index (χ4n) is 2.89. The number of aliphatic hydroxyl groups excluding tert-OH is 4. The Morgan fingerprint density at radius 3 is 1.74 bits per heavy atom. The molecule has 0 heterocycles. The SMILES string of the molecule is CNC(CO)C(=O)CC(CO)C(=O)NCC(=O)CC(CO)C(=O)NC(CO)C(=O)CCC(C)=O. The van der Waals surface area contributed by atoms with Crippen molar-refractivity contribution in [3.8, 4) is 0 Å². The van der Waals surface area contributed by atoms with Crippen LogP contribution < -0.4 is 16.0 Å². The molecule has 7 N–H and O–H groups in total. The van der Waals surface area contributed by atoms with Crippen molar-refractivity contribution in [2.24, 2.45) is 11.8 Å². The first-order chi connectivity index (χ1) is 16.0. The lowest BCUT2D eigenvalue weighted by Gasteiger charge is -2.20. The van der Waals surface area contributed by atoms with Crippen LogP contribution in [-0.2, 0) is 28.8 Å². The Morgan fingerprint density at radius 2 is 1.26 bits per heavy atom. The second-order valence-corrected chi connectivity index (χ2v) is 7.83. The number of Topliss-reactive ketones (excluding diaryl/α,β-unsaturated/α-hetero) is 4. The maximum atomic E-state index is 12.3. The van der Waals surface area contributed by atoms with Crippen LogP contribution in [0.5, 0.6) is 0 Å². The van der Waals surface area contributed by atoms with Crippen LogP contribution in [0.1, 0.15) is 32.6 Å². The first-order valence-corrected chi connectivity index (χ1v) is 10.8. The molecule has 0 aliphatic carbocycles. The van der Waals surface area contributed by atoms with Crippen molar-refractivity contribution in [1.29, 1.82) is 0 Å². The molecule has 0 spiro atoms. The summed E-state index contributed by atoms with van der Waals surface area (Å²) >= 11 is 0. The third-order valence-electron chi connectivity index (χ3n) is 5.09. The molecule has 13 heteroatoms. The lowest BCUT2D eigenvalue weighted by atomic mass is 9.98. The summed E-state index contributed by atoms with van der Waals surface area (Å²) in [6.07, 6.45) is -1.09. The summed E-state index contributed by atoms with van der Waals surface area (Å²) in [6, 6.07) is -2.19. The van der Waals surface area contributed by atoms with Gasteiger partial charge in [0.25, 0.3) is 0 Å². The number of nitrogens with one attached hydrogen (secondary N) is 3. The smallest absolute Gasteiger partial charge is 0.226 e. The summed E-state index contributed by atoms with van der Waals surface area (Å²) in [4.78, 5) is 71.7. The molecule has 34 heavy (non-hydrogen) atoms. The molecule has 0 aliphatic heterocycles. The Bertz CT molecular complexity index is 724. The number of amides is 2. The highest BCUT2D eigenvalue weighted by Gasteiger charge is 2.28. The van der Waals surface area contributed by atoms with E-state index in [0.29, 0.717) is 0 Å². The summed E-state index contributed by atoms with van der Waals surface area (Å²) in [5.74, 6) is -6.00. The van der Waals surface area contributed by atoms with Gasteiger partial charge >= 0.3 is 0 Å². The van der Waals surface area contributed by atoms with E-state index in [4.69, 9.17) is 5.11 Å². The number of likely N-dealkylation sites (N-methyl/N-ethyl adjacent to an activating group) is 1. The van der Waals surface area contributed by atoms with E-state index in [1.807, 2.05) is 0 Å². The first-order valence-electron chi connectivity index (χ1n) is 10.8. The molecule has 0 bridgehead atoms. The fraction of sp³-hybridized carbons (Fsp3) is 0.714. The molecule has 0 aromatic rings. The average Bonchev–Trinajstić information content (AvgIpc) is 2.81. The van der Waals surface area contributed by atoms with E-state index in [0.717, 1.165) is 0 Å². The quantitative estimate of drug-likeness (QED) is 0.0933. The molecule has 0 aromatic carbocycles. The van der Waals surface area contributed by atoms with Gasteiger partial charge in [0.1, 0.15) is 11.8 Å². The molecule has 0 aliphatic rings. The molecule has 2 amide bonds. The van der Waals surface area contributed by atoms with Crippen LogP contribution in [0, 0.1) is 11.8 Å². The lowest BCUT2D eigenvalue weighted by molar-refractivity contribution is -0.135. The van der Waals surface area contributed by atoms with Crippen molar-refractivity contribution >= 4 is 34.9 Å². The number of rotatable bonds is 19. The van der Waals surface area contributed by atoms with Crippen molar-refractivity contribution < 1.29 is 49.2 Å². The van der Waals surface area contributed by atoms with Gasteiger partial charge in [-0.05, 0) is 14.0 Å². The van der Waals surface area contributed by atoms with Gasteiger partial charge in [-0.3, -0.25) is 24.0 Å². The van der Waals surface area contributed by atoms with E-state index in [1.165, 1.54) is 14.0 Å². The molecule has 0 fully saturated rings. The number of carbonyl (C=O) groups excluding carboxylic acids is 6. The van der Waals surface area contributed by atoms with E-state index in [2.05, 4.69) is 16.0 Å². The van der Waals surface area contributed by atoms with Gasteiger partial charge in [0.15, 0.2) is 17.3 Å². The Hall–Kier alpha value is -2.58. The number of aliphatic hydroxyl groups is 4. The van der Waals surface area contributed by atoms with E-state index in [9.17, 15) is 44.1 Å². The summed E-state index contributed by atoms with van der Waals surface area (Å²) < 4.78 is 0. The topological polar surface area (TPSA) is 219 Å².